The molecule has 142 valence electrons. The van der Waals surface area contributed by atoms with Gasteiger partial charge in [0.2, 0.25) is 5.88 Å². The number of likely N-dealkylation sites (tertiary alicyclic amines) is 1. The molecule has 0 aliphatic carbocycles. The van der Waals surface area contributed by atoms with Crippen LogP contribution in [0.15, 0.2) is 49.3 Å². The molecular weight excluding hydrogens is 364 g/mol. The zero-order valence-electron chi connectivity index (χ0n) is 15.1. The Hall–Kier alpha value is -2.44. The van der Waals surface area contributed by atoms with Crippen molar-refractivity contribution >= 4 is 23.4 Å². The number of carbonyl (C=O) groups is 1. The smallest absolute Gasteiger partial charge is 0.336 e. The fourth-order valence-corrected chi connectivity index (χ4v) is 3.38. The maximum atomic E-state index is 11.2. The topological polar surface area (TPSA) is 67.3 Å². The van der Waals surface area contributed by atoms with Crippen LogP contribution in [0.1, 0.15) is 18.4 Å². The lowest BCUT2D eigenvalue weighted by atomic mass is 10.0. The second-order valence-corrected chi connectivity index (χ2v) is 6.90. The van der Waals surface area contributed by atoms with Crippen molar-refractivity contribution in [2.75, 3.05) is 25.0 Å². The van der Waals surface area contributed by atoms with E-state index in [0.29, 0.717) is 11.9 Å². The average molecular weight is 387 g/mol. The summed E-state index contributed by atoms with van der Waals surface area (Å²) in [7, 11) is 0. The van der Waals surface area contributed by atoms with E-state index in [2.05, 4.69) is 32.8 Å². The second-order valence-electron chi connectivity index (χ2n) is 6.49. The van der Waals surface area contributed by atoms with Gasteiger partial charge in [0.25, 0.3) is 0 Å². The normalized spacial score (nSPS) is 17.3. The third-order valence-electron chi connectivity index (χ3n) is 4.51. The highest BCUT2D eigenvalue weighted by Gasteiger charge is 2.20. The Morgan fingerprint density at radius 2 is 2.22 bits per heavy atom. The number of esters is 1. The molecule has 1 aliphatic heterocycles. The molecule has 2 heterocycles. The molecule has 1 aromatic heterocycles. The van der Waals surface area contributed by atoms with Crippen molar-refractivity contribution in [1.82, 2.24) is 14.9 Å². The predicted octanol–water partition coefficient (Wildman–Crippen LogP) is 3.34. The molecule has 1 unspecified atom stereocenters. The molecule has 1 aliphatic rings. The molecule has 1 aromatic carbocycles. The summed E-state index contributed by atoms with van der Waals surface area (Å²) in [5, 5.41) is 4.24. The number of ether oxygens (including phenoxy) is 1. The molecule has 27 heavy (non-hydrogen) atoms. The molecule has 0 amide bonds. The zero-order chi connectivity index (χ0) is 19.1. The minimum absolute atomic E-state index is 0.162. The van der Waals surface area contributed by atoms with Crippen LogP contribution in [0.4, 0.5) is 5.82 Å². The third kappa shape index (κ3) is 5.77. The van der Waals surface area contributed by atoms with Crippen LogP contribution in [0.2, 0.25) is 5.02 Å². The summed E-state index contributed by atoms with van der Waals surface area (Å²) in [6.45, 7) is 6.36. The Kier molecular flexibility index (Phi) is 6.79. The first-order chi connectivity index (χ1) is 13.1. The maximum Gasteiger partial charge on any atom is 0.336 e. The molecule has 0 spiro atoms. The zero-order valence-corrected chi connectivity index (χ0v) is 15.9. The summed E-state index contributed by atoms with van der Waals surface area (Å²) in [5.41, 5.74) is 1.18. The van der Waals surface area contributed by atoms with Gasteiger partial charge in [-0.15, -0.1) is 0 Å². The van der Waals surface area contributed by atoms with E-state index < -0.39 is 5.97 Å². The van der Waals surface area contributed by atoms with Crippen molar-refractivity contribution < 1.29 is 9.53 Å². The minimum atomic E-state index is -0.550. The molecule has 1 fully saturated rings. The third-order valence-corrected chi connectivity index (χ3v) is 4.88. The number of hydrogen-bond acceptors (Lipinski definition) is 6. The Bertz CT molecular complexity index is 782. The van der Waals surface area contributed by atoms with Crippen LogP contribution in [0.5, 0.6) is 5.88 Å². The first-order valence-corrected chi connectivity index (χ1v) is 9.40. The van der Waals surface area contributed by atoms with Gasteiger partial charge in [-0.25, -0.2) is 14.8 Å². The van der Waals surface area contributed by atoms with E-state index in [1.165, 1.54) is 11.8 Å². The van der Waals surface area contributed by atoms with Gasteiger partial charge in [0.15, 0.2) is 0 Å². The van der Waals surface area contributed by atoms with Gasteiger partial charge in [-0.05, 0) is 37.4 Å². The highest BCUT2D eigenvalue weighted by atomic mass is 35.5. The Morgan fingerprint density at radius 1 is 1.37 bits per heavy atom. The lowest BCUT2D eigenvalue weighted by Gasteiger charge is -2.33. The van der Waals surface area contributed by atoms with Crippen molar-refractivity contribution in [3.8, 4) is 5.88 Å². The number of rotatable bonds is 7. The largest absolute Gasteiger partial charge is 0.403 e. The summed E-state index contributed by atoms with van der Waals surface area (Å²) in [6, 6.07) is 8.30. The van der Waals surface area contributed by atoms with E-state index in [-0.39, 0.29) is 5.88 Å². The number of nitrogens with one attached hydrogen (secondary N) is 1. The van der Waals surface area contributed by atoms with Crippen molar-refractivity contribution in [2.45, 2.75) is 25.3 Å². The standard InChI is InChI=1S/C20H23ClN4O2/c1-2-20(26)27-19-13-22-18(12-23-19)24-16-7-5-10-25(14-16)11-9-15-6-3-4-8-17(15)21/h2-4,6,8,12-13,16H,1,5,7,9-11,14H2,(H,22,24). The van der Waals surface area contributed by atoms with Gasteiger partial charge in [-0.1, -0.05) is 36.4 Å². The number of piperidine rings is 1. The lowest BCUT2D eigenvalue weighted by Crippen LogP contribution is -2.43. The highest BCUT2D eigenvalue weighted by Crippen LogP contribution is 2.19. The molecule has 1 atom stereocenters. The van der Waals surface area contributed by atoms with Crippen molar-refractivity contribution in [3.05, 3.63) is 59.9 Å². The van der Waals surface area contributed by atoms with Crippen LogP contribution in [-0.4, -0.2) is 46.5 Å². The van der Waals surface area contributed by atoms with Crippen LogP contribution < -0.4 is 10.1 Å². The van der Waals surface area contributed by atoms with Crippen LogP contribution in [0.3, 0.4) is 0 Å². The number of halogens is 1. The first-order valence-electron chi connectivity index (χ1n) is 9.02. The van der Waals surface area contributed by atoms with E-state index in [4.69, 9.17) is 16.3 Å². The summed E-state index contributed by atoms with van der Waals surface area (Å²) in [4.78, 5) is 22.0. The quantitative estimate of drug-likeness (QED) is 0.581. The van der Waals surface area contributed by atoms with Crippen LogP contribution >= 0.6 is 11.6 Å². The number of anilines is 1. The molecule has 0 radical (unpaired) electrons. The van der Waals surface area contributed by atoms with E-state index in [1.807, 2.05) is 18.2 Å². The Morgan fingerprint density at radius 3 is 2.96 bits per heavy atom. The van der Waals surface area contributed by atoms with Gasteiger partial charge >= 0.3 is 5.97 Å². The van der Waals surface area contributed by atoms with E-state index in [1.54, 1.807) is 6.20 Å². The lowest BCUT2D eigenvalue weighted by molar-refractivity contribution is -0.129. The average Bonchev–Trinajstić information content (AvgIpc) is 2.69. The van der Waals surface area contributed by atoms with E-state index in [9.17, 15) is 4.79 Å². The van der Waals surface area contributed by atoms with Crippen molar-refractivity contribution in [1.29, 1.82) is 0 Å². The van der Waals surface area contributed by atoms with Gasteiger partial charge in [0.05, 0.1) is 12.4 Å². The van der Waals surface area contributed by atoms with Crippen molar-refractivity contribution in [2.24, 2.45) is 0 Å². The fourth-order valence-electron chi connectivity index (χ4n) is 3.15. The maximum absolute atomic E-state index is 11.2. The van der Waals surface area contributed by atoms with Gasteiger partial charge in [-0.2, -0.15) is 0 Å². The highest BCUT2D eigenvalue weighted by molar-refractivity contribution is 6.31. The van der Waals surface area contributed by atoms with Gasteiger partial charge in [0, 0.05) is 30.2 Å². The monoisotopic (exact) mass is 386 g/mol. The van der Waals surface area contributed by atoms with Gasteiger partial charge in [-0.3, -0.25) is 0 Å². The summed E-state index contributed by atoms with van der Waals surface area (Å²) in [6.07, 6.45) is 7.25. The molecule has 6 nitrogen and oxygen atoms in total. The molecule has 2 aromatic rings. The molecule has 1 N–H and O–H groups in total. The summed E-state index contributed by atoms with van der Waals surface area (Å²) >= 11 is 6.25. The Labute approximate surface area is 164 Å². The number of aromatic nitrogens is 2. The number of benzene rings is 1. The number of carbonyl (C=O) groups excluding carboxylic acids is 1. The van der Waals surface area contributed by atoms with E-state index in [0.717, 1.165) is 50.0 Å². The second kappa shape index (κ2) is 9.48. The Balaban J connectivity index is 1.50. The molecule has 0 saturated carbocycles. The van der Waals surface area contributed by atoms with Crippen LogP contribution in [0, 0.1) is 0 Å². The van der Waals surface area contributed by atoms with Crippen LogP contribution in [0.25, 0.3) is 0 Å². The van der Waals surface area contributed by atoms with Crippen LogP contribution in [-0.2, 0) is 11.2 Å². The number of nitrogens with zero attached hydrogens (tertiary/aromatic N) is 3. The predicted molar refractivity (Wildman–Crippen MR) is 106 cm³/mol. The van der Waals surface area contributed by atoms with Gasteiger partial charge in [0.1, 0.15) is 5.82 Å². The molecular formula is C20H23ClN4O2. The molecule has 3 rings (SSSR count). The van der Waals surface area contributed by atoms with Crippen molar-refractivity contribution in [3.63, 3.8) is 0 Å². The van der Waals surface area contributed by atoms with Gasteiger partial charge < -0.3 is 15.0 Å². The fraction of sp³-hybridized carbons (Fsp3) is 0.350. The molecule has 1 saturated heterocycles. The minimum Gasteiger partial charge on any atom is -0.403 e. The summed E-state index contributed by atoms with van der Waals surface area (Å²) in [5.74, 6) is 0.285. The first kappa shape index (κ1) is 19.3. The molecule has 7 heteroatoms. The summed E-state index contributed by atoms with van der Waals surface area (Å²) < 4.78 is 4.93. The number of hydrogen-bond donors (Lipinski definition) is 1. The SMILES string of the molecule is C=CC(=O)Oc1cnc(NC2CCCN(CCc3ccccc3Cl)C2)cn1. The molecule has 0 bridgehead atoms. The van der Waals surface area contributed by atoms with E-state index >= 15 is 0 Å².